The lowest BCUT2D eigenvalue weighted by Gasteiger charge is -2.34. The summed E-state index contributed by atoms with van der Waals surface area (Å²) in [6.45, 7) is 11.1. The molecule has 1 aliphatic heterocycles. The highest BCUT2D eigenvalue weighted by atomic mass is 16.5. The van der Waals surface area contributed by atoms with E-state index in [1.165, 1.54) is 0 Å². The molecule has 1 unspecified atom stereocenters. The molecule has 1 atom stereocenters. The molecule has 0 bridgehead atoms. The van der Waals surface area contributed by atoms with Crippen LogP contribution in [0.4, 0.5) is 0 Å². The van der Waals surface area contributed by atoms with E-state index < -0.39 is 0 Å². The third-order valence-corrected chi connectivity index (χ3v) is 4.34. The number of morpholine rings is 1. The number of carbonyl (C=O) groups is 1. The van der Waals surface area contributed by atoms with Gasteiger partial charge in [0.05, 0.1) is 18.6 Å². The lowest BCUT2D eigenvalue weighted by Crippen LogP contribution is -2.52. The lowest BCUT2D eigenvalue weighted by atomic mass is 9.78. The zero-order chi connectivity index (χ0) is 15.7. The predicted octanol–water partition coefficient (Wildman–Crippen LogP) is 1.37. The average Bonchev–Trinajstić information content (AvgIpc) is 2.47. The fourth-order valence-electron chi connectivity index (χ4n) is 3.20. The Hall–Kier alpha value is -0.650. The Bertz CT molecular complexity index is 298. The van der Waals surface area contributed by atoms with Crippen LogP contribution in [-0.4, -0.2) is 56.2 Å². The second-order valence-corrected chi connectivity index (χ2v) is 6.27. The number of rotatable bonds is 9. The molecule has 1 saturated heterocycles. The van der Waals surface area contributed by atoms with Crippen molar-refractivity contribution in [2.45, 2.75) is 52.5 Å². The van der Waals surface area contributed by atoms with Gasteiger partial charge in [0.15, 0.2) is 0 Å². The van der Waals surface area contributed by atoms with E-state index in [2.05, 4.69) is 31.0 Å². The van der Waals surface area contributed by atoms with Crippen LogP contribution >= 0.6 is 0 Å². The Morgan fingerprint density at radius 2 is 1.86 bits per heavy atom. The van der Waals surface area contributed by atoms with Crippen LogP contribution in [0.2, 0.25) is 0 Å². The number of amides is 1. The molecule has 0 radical (unpaired) electrons. The van der Waals surface area contributed by atoms with Crippen molar-refractivity contribution in [2.75, 3.05) is 39.4 Å². The van der Waals surface area contributed by atoms with Crippen LogP contribution in [0.25, 0.3) is 0 Å². The number of nitrogens with one attached hydrogen (secondary N) is 1. The van der Waals surface area contributed by atoms with Crippen molar-refractivity contribution < 1.29 is 9.53 Å². The van der Waals surface area contributed by atoms with Crippen LogP contribution in [0.5, 0.6) is 0 Å². The summed E-state index contributed by atoms with van der Waals surface area (Å²) in [7, 11) is 0. The summed E-state index contributed by atoms with van der Waals surface area (Å²) < 4.78 is 5.35. The van der Waals surface area contributed by atoms with Crippen LogP contribution in [-0.2, 0) is 9.53 Å². The molecule has 1 heterocycles. The van der Waals surface area contributed by atoms with E-state index in [0.29, 0.717) is 6.54 Å². The largest absolute Gasteiger partial charge is 0.379 e. The highest BCUT2D eigenvalue weighted by molar-refractivity contribution is 5.83. The minimum atomic E-state index is -0.386. The van der Waals surface area contributed by atoms with Crippen molar-refractivity contribution in [3.05, 3.63) is 0 Å². The van der Waals surface area contributed by atoms with Gasteiger partial charge in [0.2, 0.25) is 5.91 Å². The minimum absolute atomic E-state index is 0.134. The topological polar surface area (TPSA) is 67.6 Å². The molecule has 0 aromatic rings. The van der Waals surface area contributed by atoms with E-state index in [-0.39, 0.29) is 17.4 Å². The van der Waals surface area contributed by atoms with E-state index in [0.717, 1.165) is 58.5 Å². The highest BCUT2D eigenvalue weighted by Crippen LogP contribution is 2.29. The van der Waals surface area contributed by atoms with Crippen LogP contribution in [0.15, 0.2) is 0 Å². The van der Waals surface area contributed by atoms with Gasteiger partial charge in [-0.2, -0.15) is 0 Å². The molecule has 1 amide bonds. The Morgan fingerprint density at radius 1 is 1.29 bits per heavy atom. The van der Waals surface area contributed by atoms with Crippen LogP contribution in [0, 0.1) is 5.41 Å². The van der Waals surface area contributed by atoms with Crippen molar-refractivity contribution in [3.8, 4) is 0 Å². The summed E-state index contributed by atoms with van der Waals surface area (Å²) in [4.78, 5) is 15.0. The number of hydrogen-bond donors (Lipinski definition) is 2. The predicted molar refractivity (Wildman–Crippen MR) is 86.2 cm³/mol. The van der Waals surface area contributed by atoms with E-state index >= 15 is 0 Å². The second-order valence-electron chi connectivity index (χ2n) is 6.27. The fourth-order valence-corrected chi connectivity index (χ4v) is 3.20. The minimum Gasteiger partial charge on any atom is -0.379 e. The van der Waals surface area contributed by atoms with Gasteiger partial charge in [0.1, 0.15) is 0 Å². The van der Waals surface area contributed by atoms with Gasteiger partial charge in [-0.1, -0.05) is 26.7 Å². The maximum absolute atomic E-state index is 12.7. The van der Waals surface area contributed by atoms with Crippen molar-refractivity contribution >= 4 is 5.91 Å². The van der Waals surface area contributed by atoms with E-state index in [1.54, 1.807) is 0 Å². The number of nitrogens with two attached hydrogens (primary N) is 1. The molecule has 5 heteroatoms. The van der Waals surface area contributed by atoms with Crippen molar-refractivity contribution in [2.24, 2.45) is 11.1 Å². The molecular formula is C16H33N3O2. The number of carbonyl (C=O) groups excluding carboxylic acids is 1. The molecule has 5 nitrogen and oxygen atoms in total. The molecule has 1 rings (SSSR count). The van der Waals surface area contributed by atoms with E-state index in [1.807, 2.05) is 0 Å². The zero-order valence-corrected chi connectivity index (χ0v) is 14.0. The fraction of sp³-hybridized carbons (Fsp3) is 0.938. The van der Waals surface area contributed by atoms with Crippen molar-refractivity contribution in [1.82, 2.24) is 10.2 Å². The molecule has 21 heavy (non-hydrogen) atoms. The first-order chi connectivity index (χ1) is 10.1. The molecule has 0 aromatic carbocycles. The van der Waals surface area contributed by atoms with Crippen LogP contribution in [0.3, 0.4) is 0 Å². The Labute approximate surface area is 129 Å². The van der Waals surface area contributed by atoms with Gasteiger partial charge >= 0.3 is 0 Å². The summed E-state index contributed by atoms with van der Waals surface area (Å²) in [5.41, 5.74) is 5.57. The molecule has 0 aromatic heterocycles. The van der Waals surface area contributed by atoms with Gasteiger partial charge in [-0.05, 0) is 19.8 Å². The first kappa shape index (κ1) is 18.4. The van der Waals surface area contributed by atoms with Gasteiger partial charge in [0, 0.05) is 32.2 Å². The maximum atomic E-state index is 12.7. The molecular weight excluding hydrogens is 266 g/mol. The van der Waals surface area contributed by atoms with Gasteiger partial charge in [-0.15, -0.1) is 0 Å². The lowest BCUT2D eigenvalue weighted by molar-refractivity contribution is -0.132. The Kier molecular flexibility index (Phi) is 8.22. The monoisotopic (exact) mass is 299 g/mol. The summed E-state index contributed by atoms with van der Waals surface area (Å²) >= 11 is 0. The Morgan fingerprint density at radius 3 is 2.33 bits per heavy atom. The molecule has 0 spiro atoms. The quantitative estimate of drug-likeness (QED) is 0.675. The standard InChI is InChI=1S/C16H33N3O2/c1-4-6-16(13-17,7-5-2)15(20)18-14(3)12-19-8-10-21-11-9-19/h14H,4-13,17H2,1-3H3,(H,18,20). The third-order valence-electron chi connectivity index (χ3n) is 4.34. The zero-order valence-electron chi connectivity index (χ0n) is 14.0. The summed E-state index contributed by atoms with van der Waals surface area (Å²) in [6.07, 6.45) is 3.71. The smallest absolute Gasteiger partial charge is 0.227 e. The molecule has 3 N–H and O–H groups in total. The molecule has 0 aliphatic carbocycles. The number of ether oxygens (including phenoxy) is 1. The maximum Gasteiger partial charge on any atom is 0.227 e. The summed E-state index contributed by atoms with van der Waals surface area (Å²) in [5.74, 6) is 0.134. The highest BCUT2D eigenvalue weighted by Gasteiger charge is 2.35. The first-order valence-corrected chi connectivity index (χ1v) is 8.39. The van der Waals surface area contributed by atoms with Crippen molar-refractivity contribution in [3.63, 3.8) is 0 Å². The number of hydrogen-bond acceptors (Lipinski definition) is 4. The summed E-state index contributed by atoms with van der Waals surface area (Å²) in [6, 6.07) is 0.148. The van der Waals surface area contributed by atoms with Gasteiger partial charge < -0.3 is 15.8 Å². The SMILES string of the molecule is CCCC(CN)(CCC)C(=O)NC(C)CN1CCOCC1. The van der Waals surface area contributed by atoms with Gasteiger partial charge in [0.25, 0.3) is 0 Å². The average molecular weight is 299 g/mol. The molecule has 124 valence electrons. The van der Waals surface area contributed by atoms with Crippen LogP contribution < -0.4 is 11.1 Å². The number of nitrogens with zero attached hydrogens (tertiary/aromatic N) is 1. The second kappa shape index (κ2) is 9.38. The molecule has 1 aliphatic rings. The first-order valence-electron chi connectivity index (χ1n) is 8.39. The van der Waals surface area contributed by atoms with Crippen LogP contribution in [0.1, 0.15) is 46.5 Å². The van der Waals surface area contributed by atoms with E-state index in [9.17, 15) is 4.79 Å². The van der Waals surface area contributed by atoms with Gasteiger partial charge in [-0.25, -0.2) is 0 Å². The van der Waals surface area contributed by atoms with Gasteiger partial charge in [-0.3, -0.25) is 9.69 Å². The van der Waals surface area contributed by atoms with Crippen molar-refractivity contribution in [1.29, 1.82) is 0 Å². The third kappa shape index (κ3) is 5.57. The molecule has 1 fully saturated rings. The molecule has 0 saturated carbocycles. The summed E-state index contributed by atoms with van der Waals surface area (Å²) in [5, 5.41) is 3.19. The Balaban J connectivity index is 2.54. The van der Waals surface area contributed by atoms with E-state index in [4.69, 9.17) is 10.5 Å². The normalized spacial score (nSPS) is 18.5.